The Bertz CT molecular complexity index is 2030. The van der Waals surface area contributed by atoms with E-state index in [2.05, 4.69) is 16.4 Å². The second-order valence-corrected chi connectivity index (χ2v) is 14.3. The Morgan fingerprint density at radius 3 is 2.43 bits per heavy atom. The number of amides is 3. The minimum absolute atomic E-state index is 0.0164. The zero-order chi connectivity index (χ0) is 37.2. The van der Waals surface area contributed by atoms with Crippen molar-refractivity contribution in [1.82, 2.24) is 9.88 Å². The van der Waals surface area contributed by atoms with Crippen LogP contribution in [0.15, 0.2) is 66.9 Å². The number of nitrogens with zero attached hydrogens (tertiary/aromatic N) is 4. The number of pyridine rings is 1. The van der Waals surface area contributed by atoms with E-state index in [1.165, 1.54) is 6.20 Å². The fraction of sp³-hybridized carbons (Fsp3) is 0.359. The van der Waals surface area contributed by atoms with Crippen LogP contribution in [0.5, 0.6) is 0 Å². The molecule has 12 heteroatoms. The summed E-state index contributed by atoms with van der Waals surface area (Å²) in [6.45, 7) is 9.00. The van der Waals surface area contributed by atoms with Crippen LogP contribution < -0.4 is 16.0 Å². The maximum Gasteiger partial charge on any atom is 0.425 e. The number of nitrogens with one attached hydrogen (secondary N) is 1. The van der Waals surface area contributed by atoms with Gasteiger partial charge in [-0.3, -0.25) is 4.79 Å². The smallest absolute Gasteiger partial charge is 0.425 e. The molecule has 5 rings (SSSR count). The predicted octanol–water partition coefficient (Wildman–Crippen LogP) is 7.01. The summed E-state index contributed by atoms with van der Waals surface area (Å²) < 4.78 is 5.34. The highest BCUT2D eigenvalue weighted by atomic mass is 16.6. The van der Waals surface area contributed by atoms with Crippen LogP contribution >= 0.6 is 0 Å². The van der Waals surface area contributed by atoms with Crippen LogP contribution in [0.2, 0.25) is 0 Å². The van der Waals surface area contributed by atoms with Crippen molar-refractivity contribution in [3.63, 3.8) is 0 Å². The van der Waals surface area contributed by atoms with Gasteiger partial charge in [0.1, 0.15) is 11.6 Å². The van der Waals surface area contributed by atoms with E-state index in [0.29, 0.717) is 32.6 Å². The Morgan fingerprint density at radius 1 is 1.10 bits per heavy atom. The molecular weight excluding hydrogens is 648 g/mol. The molecule has 3 aromatic carbocycles. The first kappa shape index (κ1) is 36.6. The van der Waals surface area contributed by atoms with Gasteiger partial charge in [0.2, 0.25) is 5.91 Å². The molecule has 1 fully saturated rings. The number of rotatable bonds is 10. The molecular formula is C39H44N6O6. The van der Waals surface area contributed by atoms with Gasteiger partial charge in [-0.1, -0.05) is 31.2 Å². The molecule has 1 heterocycles. The van der Waals surface area contributed by atoms with Crippen LogP contribution in [0.1, 0.15) is 80.3 Å². The lowest BCUT2D eigenvalue weighted by Crippen LogP contribution is -2.40. The summed E-state index contributed by atoms with van der Waals surface area (Å²) in [7, 11) is 1.71. The van der Waals surface area contributed by atoms with E-state index in [1.807, 2.05) is 44.2 Å². The van der Waals surface area contributed by atoms with Crippen molar-refractivity contribution in [2.45, 2.75) is 77.0 Å². The van der Waals surface area contributed by atoms with Crippen molar-refractivity contribution >= 4 is 46.1 Å². The maximum atomic E-state index is 14.4. The molecule has 1 saturated carbocycles. The highest BCUT2D eigenvalue weighted by Gasteiger charge is 2.46. The largest absolute Gasteiger partial charge is 0.464 e. The molecule has 0 spiro atoms. The van der Waals surface area contributed by atoms with Gasteiger partial charge in [0.05, 0.1) is 11.5 Å². The summed E-state index contributed by atoms with van der Waals surface area (Å²) in [5.41, 5.74) is 10.0. The van der Waals surface area contributed by atoms with Crippen LogP contribution in [0.4, 0.5) is 26.8 Å². The van der Waals surface area contributed by atoms with Gasteiger partial charge in [0.25, 0.3) is 0 Å². The number of aliphatic hydroxyl groups excluding tert-OH is 1. The minimum atomic E-state index is -1.54. The molecule has 0 radical (unpaired) electrons. The molecule has 1 aliphatic carbocycles. The lowest BCUT2D eigenvalue weighted by molar-refractivity contribution is -0.131. The summed E-state index contributed by atoms with van der Waals surface area (Å²) in [6.07, 6.45) is 0.286. The molecule has 0 saturated heterocycles. The van der Waals surface area contributed by atoms with Crippen LogP contribution in [0, 0.1) is 18.3 Å². The molecule has 3 amide bonds. The fourth-order valence-electron chi connectivity index (χ4n) is 6.31. The third-order valence-corrected chi connectivity index (χ3v) is 9.11. The highest BCUT2D eigenvalue weighted by Crippen LogP contribution is 2.49. The highest BCUT2D eigenvalue weighted by molar-refractivity contribution is 6.13. The average molecular weight is 693 g/mol. The molecule has 5 N–H and O–H groups in total. The quantitative estimate of drug-likeness (QED) is 0.126. The van der Waals surface area contributed by atoms with Gasteiger partial charge in [0, 0.05) is 49.1 Å². The normalized spacial score (nSPS) is 14.5. The number of anilines is 3. The van der Waals surface area contributed by atoms with E-state index < -0.39 is 29.2 Å². The predicted molar refractivity (Wildman–Crippen MR) is 195 cm³/mol. The Morgan fingerprint density at radius 2 is 1.82 bits per heavy atom. The lowest BCUT2D eigenvalue weighted by Gasteiger charge is -2.28. The van der Waals surface area contributed by atoms with Crippen molar-refractivity contribution in [1.29, 1.82) is 5.26 Å². The first-order valence-electron chi connectivity index (χ1n) is 16.7. The van der Waals surface area contributed by atoms with Crippen LogP contribution in [-0.2, 0) is 21.5 Å². The molecule has 1 aromatic heterocycles. The second-order valence-electron chi connectivity index (χ2n) is 14.3. The second kappa shape index (κ2) is 14.3. The first-order chi connectivity index (χ1) is 24.1. The van der Waals surface area contributed by atoms with Crippen molar-refractivity contribution in [3.05, 3.63) is 94.7 Å². The zero-order valence-corrected chi connectivity index (χ0v) is 29.7. The van der Waals surface area contributed by atoms with E-state index in [1.54, 1.807) is 63.1 Å². The van der Waals surface area contributed by atoms with Gasteiger partial charge in [-0.2, -0.15) is 10.2 Å². The molecule has 1 unspecified atom stereocenters. The number of aromatic nitrogens is 1. The number of aliphatic hydroxyl groups is 1. The summed E-state index contributed by atoms with van der Waals surface area (Å²) in [6, 6.07) is 19.6. The van der Waals surface area contributed by atoms with Gasteiger partial charge in [-0.15, -0.1) is 0 Å². The Labute approximate surface area is 297 Å². The van der Waals surface area contributed by atoms with Gasteiger partial charge >= 0.3 is 12.2 Å². The number of aryl methyl sites for hydroxylation is 1. The fourth-order valence-corrected chi connectivity index (χ4v) is 6.31. The molecule has 2 atom stereocenters. The number of benzene rings is 3. The van der Waals surface area contributed by atoms with Gasteiger partial charge in [-0.25, -0.2) is 14.6 Å². The number of hydrogen-bond acceptors (Lipinski definition) is 9. The van der Waals surface area contributed by atoms with E-state index in [9.17, 15) is 29.9 Å². The van der Waals surface area contributed by atoms with Crippen molar-refractivity contribution in [2.24, 2.45) is 0 Å². The number of ether oxygens (including phenoxy) is 1. The van der Waals surface area contributed by atoms with Crippen LogP contribution in [-0.4, -0.2) is 57.4 Å². The summed E-state index contributed by atoms with van der Waals surface area (Å²) in [5.74, 6) is -0.443. The van der Waals surface area contributed by atoms with E-state index >= 15 is 0 Å². The molecule has 12 nitrogen and oxygen atoms in total. The third-order valence-electron chi connectivity index (χ3n) is 9.11. The number of carboxylic acid groups (broad SMARTS) is 1. The summed E-state index contributed by atoms with van der Waals surface area (Å²) in [5, 5.41) is 34.0. The van der Waals surface area contributed by atoms with Gasteiger partial charge in [-0.05, 0) is 110 Å². The number of nitrogens with two attached hydrogens (primary N) is 1. The first-order valence-corrected chi connectivity index (χ1v) is 16.7. The van der Waals surface area contributed by atoms with Crippen molar-refractivity contribution in [3.8, 4) is 6.07 Å². The average Bonchev–Trinajstić information content (AvgIpc) is 3.87. The summed E-state index contributed by atoms with van der Waals surface area (Å²) in [4.78, 5) is 45.9. The van der Waals surface area contributed by atoms with Crippen LogP contribution in [0.3, 0.4) is 0 Å². The van der Waals surface area contributed by atoms with Gasteiger partial charge < -0.3 is 30.9 Å². The monoisotopic (exact) mass is 692 g/mol. The zero-order valence-electron chi connectivity index (χ0n) is 29.7. The number of hydrogen-bond donors (Lipinski definition) is 4. The number of carbonyl (C=O) groups excluding carboxylic acids is 2. The Balaban J connectivity index is 1.52. The number of nitriles is 1. The molecule has 51 heavy (non-hydrogen) atoms. The third kappa shape index (κ3) is 7.89. The standard InChI is InChI=1S/C39H44N6O6/c1-23-17-26(7-10-30(23)24(2)21-46)33(35(47)44(6)20-27-18-28(41)8-12-32(27)39(22-40)14-15-39)43-29-9-11-31-25(19-29)13-16-42-34(31)45(36(48)49)37(50)51-38(3,4)5/h7-13,16-19,24,33,43,46H,14-15,20-21,41H2,1-6H3,(H,48,49)/t24-,33?/m0/s1. The molecule has 4 aromatic rings. The SMILES string of the molecule is Cc1cc(C(Nc2ccc3c(N(C(=O)O)C(=O)OC(C)(C)C)nccc3c2)C(=O)N(C)Cc2cc(N)ccc2C2(C#N)CC2)ccc1[C@@H](C)CO. The maximum absolute atomic E-state index is 14.4. The van der Waals surface area contributed by atoms with E-state index in [0.717, 1.165) is 35.1 Å². The van der Waals surface area contributed by atoms with Gasteiger partial charge in [0.15, 0.2) is 5.82 Å². The molecule has 0 aliphatic heterocycles. The molecule has 1 aliphatic rings. The number of carbonyl (C=O) groups is 3. The number of nitrogen functional groups attached to an aromatic ring is 1. The Kier molecular flexibility index (Phi) is 10.3. The van der Waals surface area contributed by atoms with E-state index in [-0.39, 0.29) is 30.8 Å². The number of fused-ring (bicyclic) bond motifs is 1. The summed E-state index contributed by atoms with van der Waals surface area (Å²) >= 11 is 0. The molecule has 0 bridgehead atoms. The topological polar surface area (TPSA) is 182 Å². The number of imide groups is 1. The lowest BCUT2D eigenvalue weighted by atomic mass is 9.91. The van der Waals surface area contributed by atoms with Crippen molar-refractivity contribution < 1.29 is 29.3 Å². The van der Waals surface area contributed by atoms with E-state index in [4.69, 9.17) is 10.5 Å². The molecule has 266 valence electrons. The minimum Gasteiger partial charge on any atom is -0.464 e. The van der Waals surface area contributed by atoms with Crippen molar-refractivity contribution in [2.75, 3.05) is 29.6 Å². The van der Waals surface area contributed by atoms with Crippen LogP contribution in [0.25, 0.3) is 10.8 Å². The Hall–Kier alpha value is -5.67. The number of likely N-dealkylation sites (N-methyl/N-ethyl adjacent to an activating group) is 1.